The van der Waals surface area contributed by atoms with E-state index in [0.717, 1.165) is 6.54 Å². The van der Waals surface area contributed by atoms with Gasteiger partial charge >= 0.3 is 5.97 Å². The molecule has 0 saturated carbocycles. The molecule has 0 atom stereocenters. The number of hydrogen-bond acceptors (Lipinski definition) is 4. The summed E-state index contributed by atoms with van der Waals surface area (Å²) >= 11 is 1.82. The van der Waals surface area contributed by atoms with Crippen molar-refractivity contribution in [3.05, 3.63) is 11.6 Å². The van der Waals surface area contributed by atoms with E-state index < -0.39 is 0 Å². The molecule has 15 heavy (non-hydrogen) atoms. The highest BCUT2D eigenvalue weighted by atomic mass is 32.2. The van der Waals surface area contributed by atoms with Gasteiger partial charge in [-0.1, -0.05) is 6.08 Å². The molecule has 0 heterocycles. The van der Waals surface area contributed by atoms with Crippen molar-refractivity contribution in [2.75, 3.05) is 26.5 Å². The highest BCUT2D eigenvalue weighted by molar-refractivity contribution is 7.99. The first-order chi connectivity index (χ1) is 6.93. The number of esters is 1. The van der Waals surface area contributed by atoms with Crippen LogP contribution < -0.4 is 5.32 Å². The van der Waals surface area contributed by atoms with Gasteiger partial charge < -0.3 is 10.1 Å². The van der Waals surface area contributed by atoms with E-state index in [4.69, 9.17) is 0 Å². The van der Waals surface area contributed by atoms with E-state index in [0.29, 0.717) is 12.1 Å². The largest absolute Gasteiger partial charge is 0.466 e. The summed E-state index contributed by atoms with van der Waals surface area (Å²) in [5.41, 5.74) is 0.645. The predicted molar refractivity (Wildman–Crippen MR) is 66.2 cm³/mol. The summed E-state index contributed by atoms with van der Waals surface area (Å²) in [4.78, 5) is 11.0. The van der Waals surface area contributed by atoms with E-state index in [1.807, 2.05) is 17.8 Å². The van der Waals surface area contributed by atoms with Crippen LogP contribution in [0.1, 0.15) is 20.8 Å². The number of hydrogen-bond donors (Lipinski definition) is 1. The average molecular weight is 231 g/mol. The quantitative estimate of drug-likeness (QED) is 0.430. The van der Waals surface area contributed by atoms with Crippen molar-refractivity contribution in [2.24, 2.45) is 0 Å². The second kappa shape index (κ2) is 6.90. The van der Waals surface area contributed by atoms with Crippen molar-refractivity contribution >= 4 is 17.7 Å². The SMILES string of the molecule is COC(=O)C(C)=CCNCC(C)(C)SC. The molecule has 4 heteroatoms. The third-order valence-corrected chi connectivity index (χ3v) is 3.41. The molecule has 0 aliphatic rings. The van der Waals surface area contributed by atoms with Crippen LogP contribution in [0.4, 0.5) is 0 Å². The average Bonchev–Trinajstić information content (AvgIpc) is 2.22. The number of carbonyl (C=O) groups is 1. The van der Waals surface area contributed by atoms with Crippen molar-refractivity contribution in [2.45, 2.75) is 25.5 Å². The lowest BCUT2D eigenvalue weighted by atomic mass is 10.2. The van der Waals surface area contributed by atoms with Crippen molar-refractivity contribution < 1.29 is 9.53 Å². The topological polar surface area (TPSA) is 38.3 Å². The Bertz CT molecular complexity index is 237. The standard InChI is InChI=1S/C11H21NO2S/c1-9(10(13)14-4)6-7-12-8-11(2,3)15-5/h6,12H,7-8H2,1-5H3. The maximum absolute atomic E-state index is 11.0. The molecular weight excluding hydrogens is 210 g/mol. The third kappa shape index (κ3) is 6.57. The van der Waals surface area contributed by atoms with Crippen LogP contribution in [0.3, 0.4) is 0 Å². The summed E-state index contributed by atoms with van der Waals surface area (Å²) in [5, 5.41) is 3.28. The smallest absolute Gasteiger partial charge is 0.333 e. The summed E-state index contributed by atoms with van der Waals surface area (Å²) < 4.78 is 4.82. The Hall–Kier alpha value is -0.480. The molecule has 1 N–H and O–H groups in total. The molecule has 0 fully saturated rings. The minimum Gasteiger partial charge on any atom is -0.466 e. The van der Waals surface area contributed by atoms with E-state index in [1.165, 1.54) is 7.11 Å². The lowest BCUT2D eigenvalue weighted by Gasteiger charge is -2.21. The number of methoxy groups -OCH3 is 1. The number of rotatable bonds is 6. The fourth-order valence-electron chi connectivity index (χ4n) is 0.915. The first kappa shape index (κ1) is 14.5. The van der Waals surface area contributed by atoms with Gasteiger partial charge in [0.15, 0.2) is 0 Å². The molecule has 0 unspecified atom stereocenters. The van der Waals surface area contributed by atoms with Gasteiger partial charge in [0, 0.05) is 23.4 Å². The third-order valence-electron chi connectivity index (χ3n) is 2.16. The normalized spacial score (nSPS) is 12.7. The lowest BCUT2D eigenvalue weighted by molar-refractivity contribution is -0.136. The Kier molecular flexibility index (Phi) is 6.68. The second-order valence-electron chi connectivity index (χ2n) is 3.97. The zero-order valence-corrected chi connectivity index (χ0v) is 11.0. The molecule has 0 aromatic carbocycles. The molecule has 0 aromatic rings. The summed E-state index contributed by atoms with van der Waals surface area (Å²) in [7, 11) is 1.39. The molecule has 0 spiro atoms. The molecule has 0 bridgehead atoms. The molecule has 0 amide bonds. The summed E-state index contributed by atoms with van der Waals surface area (Å²) in [6.45, 7) is 7.74. The monoisotopic (exact) mass is 231 g/mol. The molecule has 0 rings (SSSR count). The van der Waals surface area contributed by atoms with Gasteiger partial charge in [-0.3, -0.25) is 0 Å². The van der Waals surface area contributed by atoms with Crippen molar-refractivity contribution in [1.29, 1.82) is 0 Å². The maximum atomic E-state index is 11.0. The van der Waals surface area contributed by atoms with Gasteiger partial charge in [-0.25, -0.2) is 4.79 Å². The van der Waals surface area contributed by atoms with Crippen molar-refractivity contribution in [3.8, 4) is 0 Å². The zero-order chi connectivity index (χ0) is 11.9. The Labute approximate surface area is 96.6 Å². The number of carbonyl (C=O) groups excluding carboxylic acids is 1. The van der Waals surface area contributed by atoms with Crippen molar-refractivity contribution in [1.82, 2.24) is 5.32 Å². The lowest BCUT2D eigenvalue weighted by Crippen LogP contribution is -2.32. The minimum absolute atomic E-state index is 0.229. The highest BCUT2D eigenvalue weighted by Gasteiger charge is 2.14. The molecule has 0 aliphatic carbocycles. The van der Waals surface area contributed by atoms with Gasteiger partial charge in [0.2, 0.25) is 0 Å². The van der Waals surface area contributed by atoms with Crippen LogP contribution in [0.25, 0.3) is 0 Å². The van der Waals surface area contributed by atoms with Gasteiger partial charge in [0.1, 0.15) is 0 Å². The van der Waals surface area contributed by atoms with Gasteiger partial charge in [-0.05, 0) is 27.0 Å². The number of nitrogens with one attached hydrogen (secondary N) is 1. The Balaban J connectivity index is 3.84. The van der Waals surface area contributed by atoms with Crippen LogP contribution in [0, 0.1) is 0 Å². The van der Waals surface area contributed by atoms with E-state index in [2.05, 4.69) is 30.2 Å². The molecule has 0 radical (unpaired) electrons. The fraction of sp³-hybridized carbons (Fsp3) is 0.727. The van der Waals surface area contributed by atoms with Gasteiger partial charge in [-0.2, -0.15) is 11.8 Å². The van der Waals surface area contributed by atoms with E-state index in [-0.39, 0.29) is 10.7 Å². The number of ether oxygens (including phenoxy) is 1. The molecule has 3 nitrogen and oxygen atoms in total. The van der Waals surface area contributed by atoms with Crippen LogP contribution in [0.2, 0.25) is 0 Å². The predicted octanol–water partition coefficient (Wildman–Crippen LogP) is 1.84. The zero-order valence-electron chi connectivity index (χ0n) is 10.2. The van der Waals surface area contributed by atoms with E-state index in [9.17, 15) is 4.79 Å². The molecule has 0 aromatic heterocycles. The summed E-state index contributed by atoms with van der Waals surface area (Å²) in [5.74, 6) is -0.263. The van der Waals surface area contributed by atoms with Crippen molar-refractivity contribution in [3.63, 3.8) is 0 Å². The molecule has 88 valence electrons. The molecular formula is C11H21NO2S. The van der Waals surface area contributed by atoms with Crippen LogP contribution in [0.5, 0.6) is 0 Å². The minimum atomic E-state index is -0.263. The summed E-state index contributed by atoms with van der Waals surface area (Å²) in [6.07, 6.45) is 3.94. The van der Waals surface area contributed by atoms with E-state index >= 15 is 0 Å². The van der Waals surface area contributed by atoms with Crippen LogP contribution in [-0.4, -0.2) is 37.2 Å². The molecule has 0 aliphatic heterocycles. The van der Waals surface area contributed by atoms with Crippen LogP contribution in [0.15, 0.2) is 11.6 Å². The van der Waals surface area contributed by atoms with E-state index in [1.54, 1.807) is 6.92 Å². The van der Waals surface area contributed by atoms with Gasteiger partial charge in [0.25, 0.3) is 0 Å². The fourth-order valence-corrected chi connectivity index (χ4v) is 1.16. The number of thioether (sulfide) groups is 1. The van der Waals surface area contributed by atoms with Gasteiger partial charge in [0.05, 0.1) is 7.11 Å². The maximum Gasteiger partial charge on any atom is 0.333 e. The van der Waals surface area contributed by atoms with Crippen LogP contribution in [-0.2, 0) is 9.53 Å². The Morgan fingerprint density at radius 1 is 1.53 bits per heavy atom. The first-order valence-electron chi connectivity index (χ1n) is 4.94. The first-order valence-corrected chi connectivity index (χ1v) is 6.16. The second-order valence-corrected chi connectivity index (χ2v) is 5.49. The molecule has 0 saturated heterocycles. The Morgan fingerprint density at radius 3 is 2.60 bits per heavy atom. The van der Waals surface area contributed by atoms with Gasteiger partial charge in [-0.15, -0.1) is 0 Å². The summed E-state index contributed by atoms with van der Waals surface area (Å²) in [6, 6.07) is 0. The van der Waals surface area contributed by atoms with Crippen LogP contribution >= 0.6 is 11.8 Å². The Morgan fingerprint density at radius 2 is 2.13 bits per heavy atom. The highest BCUT2D eigenvalue weighted by Crippen LogP contribution is 2.19.